The first-order valence-electron chi connectivity index (χ1n) is 7.79. The van der Waals surface area contributed by atoms with Crippen molar-refractivity contribution in [3.8, 4) is 0 Å². The second kappa shape index (κ2) is 5.72. The van der Waals surface area contributed by atoms with Crippen molar-refractivity contribution < 1.29 is 0 Å². The summed E-state index contributed by atoms with van der Waals surface area (Å²) in [6.07, 6.45) is 2.51. The predicted octanol–water partition coefficient (Wildman–Crippen LogP) is 3.58. The first kappa shape index (κ1) is 15.3. The Labute approximate surface area is 123 Å². The Morgan fingerprint density at radius 1 is 1.35 bits per heavy atom. The third-order valence-electron chi connectivity index (χ3n) is 4.30. The molecule has 1 aliphatic heterocycles. The molecule has 3 nitrogen and oxygen atoms in total. The molecular weight excluding hydrogens is 246 g/mol. The van der Waals surface area contributed by atoms with Gasteiger partial charge in [0.2, 0.25) is 0 Å². The lowest BCUT2D eigenvalue weighted by Gasteiger charge is -2.35. The standard InChI is InChI=1S/C17H29N3/c1-12(2)18-11-15-13(3)10-14(4)19-16(15)20-9-7-8-17(20,5)6/h10,12,18H,7-9,11H2,1-6H3. The van der Waals surface area contributed by atoms with Crippen molar-refractivity contribution in [2.45, 2.75) is 72.5 Å². The van der Waals surface area contributed by atoms with E-state index in [0.29, 0.717) is 6.04 Å². The normalized spacial score (nSPS) is 18.1. The minimum absolute atomic E-state index is 0.222. The lowest BCUT2D eigenvalue weighted by molar-refractivity contribution is 0.510. The monoisotopic (exact) mass is 275 g/mol. The summed E-state index contributed by atoms with van der Waals surface area (Å²) < 4.78 is 0. The van der Waals surface area contributed by atoms with E-state index in [1.807, 2.05) is 0 Å². The van der Waals surface area contributed by atoms with Gasteiger partial charge in [0, 0.05) is 35.9 Å². The van der Waals surface area contributed by atoms with E-state index in [4.69, 9.17) is 4.98 Å². The quantitative estimate of drug-likeness (QED) is 0.910. The Kier molecular flexibility index (Phi) is 4.38. The molecule has 0 bridgehead atoms. The van der Waals surface area contributed by atoms with Gasteiger partial charge in [-0.25, -0.2) is 4.98 Å². The van der Waals surface area contributed by atoms with E-state index < -0.39 is 0 Å². The molecule has 0 spiro atoms. The zero-order valence-corrected chi connectivity index (χ0v) is 13.9. The van der Waals surface area contributed by atoms with Gasteiger partial charge in [0.05, 0.1) is 0 Å². The Bertz CT molecular complexity index is 477. The van der Waals surface area contributed by atoms with Gasteiger partial charge in [-0.3, -0.25) is 0 Å². The summed E-state index contributed by atoms with van der Waals surface area (Å²) in [6, 6.07) is 2.69. The van der Waals surface area contributed by atoms with Crippen LogP contribution in [-0.4, -0.2) is 23.1 Å². The van der Waals surface area contributed by atoms with Crippen LogP contribution in [0.1, 0.15) is 57.4 Å². The van der Waals surface area contributed by atoms with Gasteiger partial charge >= 0.3 is 0 Å². The number of hydrogen-bond donors (Lipinski definition) is 1. The summed E-state index contributed by atoms with van der Waals surface area (Å²) in [4.78, 5) is 7.38. The molecule has 1 N–H and O–H groups in total. The minimum atomic E-state index is 0.222. The lowest BCUT2D eigenvalue weighted by atomic mass is 10.0. The Balaban J connectivity index is 2.39. The molecular formula is C17H29N3. The molecule has 0 unspecified atom stereocenters. The summed E-state index contributed by atoms with van der Waals surface area (Å²) in [5.41, 5.74) is 4.05. The van der Waals surface area contributed by atoms with E-state index in [1.165, 1.54) is 29.8 Å². The highest BCUT2D eigenvalue weighted by Gasteiger charge is 2.34. The van der Waals surface area contributed by atoms with Crippen molar-refractivity contribution in [2.24, 2.45) is 0 Å². The van der Waals surface area contributed by atoms with E-state index in [9.17, 15) is 0 Å². The molecule has 112 valence electrons. The SMILES string of the molecule is Cc1cc(C)c(CNC(C)C)c(N2CCCC2(C)C)n1. The maximum Gasteiger partial charge on any atom is 0.134 e. The van der Waals surface area contributed by atoms with Crippen LogP contribution in [0.15, 0.2) is 6.07 Å². The average molecular weight is 275 g/mol. The fourth-order valence-corrected chi connectivity index (χ4v) is 3.09. The first-order chi connectivity index (χ1) is 9.31. The second-order valence-corrected chi connectivity index (χ2v) is 6.99. The molecule has 0 aromatic carbocycles. The zero-order valence-electron chi connectivity index (χ0n) is 13.9. The third kappa shape index (κ3) is 3.14. The minimum Gasteiger partial charge on any atom is -0.351 e. The first-order valence-corrected chi connectivity index (χ1v) is 7.79. The van der Waals surface area contributed by atoms with Crippen molar-refractivity contribution in [1.82, 2.24) is 10.3 Å². The molecule has 0 aliphatic carbocycles. The van der Waals surface area contributed by atoms with Crippen molar-refractivity contribution in [2.75, 3.05) is 11.4 Å². The topological polar surface area (TPSA) is 28.2 Å². The van der Waals surface area contributed by atoms with Gasteiger partial charge in [-0.15, -0.1) is 0 Å². The molecule has 0 amide bonds. The van der Waals surface area contributed by atoms with Crippen LogP contribution < -0.4 is 10.2 Å². The van der Waals surface area contributed by atoms with Crippen LogP contribution in [0.3, 0.4) is 0 Å². The van der Waals surface area contributed by atoms with Crippen LogP contribution in [0.2, 0.25) is 0 Å². The van der Waals surface area contributed by atoms with Crippen LogP contribution in [0.5, 0.6) is 0 Å². The largest absolute Gasteiger partial charge is 0.351 e. The molecule has 1 fully saturated rings. The summed E-state index contributed by atoms with van der Waals surface area (Å²) in [5.74, 6) is 1.19. The van der Waals surface area contributed by atoms with E-state index in [2.05, 4.69) is 57.8 Å². The molecule has 1 saturated heterocycles. The second-order valence-electron chi connectivity index (χ2n) is 6.99. The Morgan fingerprint density at radius 3 is 2.60 bits per heavy atom. The van der Waals surface area contributed by atoms with E-state index >= 15 is 0 Å². The molecule has 3 heteroatoms. The van der Waals surface area contributed by atoms with Crippen LogP contribution in [0.4, 0.5) is 5.82 Å². The van der Waals surface area contributed by atoms with Gasteiger partial charge in [0.15, 0.2) is 0 Å². The molecule has 0 atom stereocenters. The van der Waals surface area contributed by atoms with Gasteiger partial charge < -0.3 is 10.2 Å². The number of nitrogens with one attached hydrogen (secondary N) is 1. The molecule has 2 heterocycles. The van der Waals surface area contributed by atoms with Crippen LogP contribution in [0, 0.1) is 13.8 Å². The zero-order chi connectivity index (χ0) is 14.9. The fourth-order valence-electron chi connectivity index (χ4n) is 3.09. The number of aromatic nitrogens is 1. The van der Waals surface area contributed by atoms with E-state index in [-0.39, 0.29) is 5.54 Å². The molecule has 0 saturated carbocycles. The number of rotatable bonds is 4. The summed E-state index contributed by atoms with van der Waals surface area (Å²) in [6.45, 7) is 15.4. The molecule has 2 rings (SSSR count). The smallest absolute Gasteiger partial charge is 0.134 e. The third-order valence-corrected chi connectivity index (χ3v) is 4.30. The maximum atomic E-state index is 4.88. The summed E-state index contributed by atoms with van der Waals surface area (Å²) >= 11 is 0. The summed E-state index contributed by atoms with van der Waals surface area (Å²) in [7, 11) is 0. The van der Waals surface area contributed by atoms with Gasteiger partial charge in [0.25, 0.3) is 0 Å². The molecule has 1 aliphatic rings. The van der Waals surface area contributed by atoms with Crippen LogP contribution in [0.25, 0.3) is 0 Å². The van der Waals surface area contributed by atoms with Crippen molar-refractivity contribution in [1.29, 1.82) is 0 Å². The molecule has 1 aromatic rings. The number of anilines is 1. The number of pyridine rings is 1. The highest BCUT2D eigenvalue weighted by molar-refractivity contribution is 5.54. The molecule has 1 aromatic heterocycles. The fraction of sp³-hybridized carbons (Fsp3) is 0.706. The van der Waals surface area contributed by atoms with Crippen molar-refractivity contribution >= 4 is 5.82 Å². The highest BCUT2D eigenvalue weighted by Crippen LogP contribution is 2.35. The van der Waals surface area contributed by atoms with Crippen LogP contribution >= 0.6 is 0 Å². The maximum absolute atomic E-state index is 4.88. The lowest BCUT2D eigenvalue weighted by Crippen LogP contribution is -2.40. The van der Waals surface area contributed by atoms with Crippen LogP contribution in [-0.2, 0) is 6.54 Å². The average Bonchev–Trinajstić information content (AvgIpc) is 2.66. The molecule has 0 radical (unpaired) electrons. The number of nitrogens with zero attached hydrogens (tertiary/aromatic N) is 2. The predicted molar refractivity (Wildman–Crippen MR) is 86.3 cm³/mol. The Hall–Kier alpha value is -1.09. The summed E-state index contributed by atoms with van der Waals surface area (Å²) in [5, 5.41) is 3.55. The van der Waals surface area contributed by atoms with Gasteiger partial charge in [-0.1, -0.05) is 13.8 Å². The molecule has 20 heavy (non-hydrogen) atoms. The number of hydrogen-bond acceptors (Lipinski definition) is 3. The van der Waals surface area contributed by atoms with Crippen molar-refractivity contribution in [3.05, 3.63) is 22.9 Å². The number of aryl methyl sites for hydroxylation is 2. The van der Waals surface area contributed by atoms with Gasteiger partial charge in [0.1, 0.15) is 5.82 Å². The van der Waals surface area contributed by atoms with Gasteiger partial charge in [-0.05, 0) is 52.2 Å². The van der Waals surface area contributed by atoms with Gasteiger partial charge in [-0.2, -0.15) is 0 Å². The van der Waals surface area contributed by atoms with Crippen molar-refractivity contribution in [3.63, 3.8) is 0 Å². The van der Waals surface area contributed by atoms with E-state index in [1.54, 1.807) is 0 Å². The Morgan fingerprint density at radius 2 is 2.05 bits per heavy atom. The van der Waals surface area contributed by atoms with E-state index in [0.717, 1.165) is 18.8 Å². The highest BCUT2D eigenvalue weighted by atomic mass is 15.3.